The van der Waals surface area contributed by atoms with E-state index in [1.165, 1.54) is 11.3 Å². The number of rotatable bonds is 2. The van der Waals surface area contributed by atoms with Crippen molar-refractivity contribution in [2.75, 3.05) is 4.90 Å². The fourth-order valence-electron chi connectivity index (χ4n) is 4.33. The number of halogens is 1. The van der Waals surface area contributed by atoms with E-state index in [1.54, 1.807) is 12.1 Å². The minimum absolute atomic E-state index is 0.126. The largest absolute Gasteiger partial charge is 0.352 e. The van der Waals surface area contributed by atoms with Crippen molar-refractivity contribution >= 4 is 52.3 Å². The molecule has 4 heterocycles. The summed E-state index contributed by atoms with van der Waals surface area (Å²) in [5.41, 5.74) is 1.71. The van der Waals surface area contributed by atoms with Crippen molar-refractivity contribution < 1.29 is 14.4 Å². The van der Waals surface area contributed by atoms with Crippen LogP contribution in [0.25, 0.3) is 6.08 Å². The van der Waals surface area contributed by atoms with Crippen LogP contribution in [0.3, 0.4) is 0 Å². The number of anilines is 1. The van der Waals surface area contributed by atoms with Crippen molar-refractivity contribution in [2.24, 2.45) is 11.8 Å². The van der Waals surface area contributed by atoms with Crippen molar-refractivity contribution in [2.45, 2.75) is 12.1 Å². The van der Waals surface area contributed by atoms with Gasteiger partial charge in [0.05, 0.1) is 22.8 Å². The Balaban J connectivity index is 1.69. The molecule has 0 saturated carbocycles. The maximum absolute atomic E-state index is 13.3. The molecule has 0 unspecified atom stereocenters. The van der Waals surface area contributed by atoms with Gasteiger partial charge >= 0.3 is 0 Å². The first-order chi connectivity index (χ1) is 12.6. The van der Waals surface area contributed by atoms with Crippen molar-refractivity contribution in [3.63, 3.8) is 0 Å². The van der Waals surface area contributed by atoms with E-state index in [1.807, 2.05) is 40.6 Å². The van der Waals surface area contributed by atoms with Gasteiger partial charge in [-0.15, -0.1) is 11.3 Å². The minimum atomic E-state index is -0.708. The first-order valence-electron chi connectivity index (χ1n) is 8.25. The number of carbonyl (C=O) groups excluding carboxylic acids is 3. The summed E-state index contributed by atoms with van der Waals surface area (Å²) in [4.78, 5) is 40.7. The van der Waals surface area contributed by atoms with Crippen LogP contribution in [0.4, 0.5) is 5.69 Å². The Bertz CT molecular complexity index is 985. The fourth-order valence-corrected chi connectivity index (χ4v) is 5.20. The number of ketones is 1. The van der Waals surface area contributed by atoms with Gasteiger partial charge in [-0.3, -0.25) is 19.7 Å². The molecule has 5 nitrogen and oxygen atoms in total. The third-order valence-electron chi connectivity index (χ3n) is 5.34. The molecule has 5 rings (SSSR count). The highest BCUT2D eigenvalue weighted by atomic mass is 35.5. The van der Waals surface area contributed by atoms with Gasteiger partial charge in [-0.05, 0) is 35.2 Å². The summed E-state index contributed by atoms with van der Waals surface area (Å²) < 4.78 is 0. The van der Waals surface area contributed by atoms with Crippen LogP contribution >= 0.6 is 22.9 Å². The van der Waals surface area contributed by atoms with Crippen LogP contribution in [-0.2, 0) is 9.59 Å². The van der Waals surface area contributed by atoms with Crippen LogP contribution in [0, 0.1) is 11.8 Å². The molecule has 3 aliphatic rings. The number of Topliss-reactive ketones (excluding diaryl/α,β-unsaturated/α-hetero) is 1. The molecular weight excluding hydrogens is 372 g/mol. The number of carbonyl (C=O) groups is 3. The quantitative estimate of drug-likeness (QED) is 0.638. The predicted octanol–water partition coefficient (Wildman–Crippen LogP) is 2.76. The van der Waals surface area contributed by atoms with Gasteiger partial charge in [-0.25, -0.2) is 0 Å². The molecule has 130 valence electrons. The molecule has 2 fully saturated rings. The average Bonchev–Trinajstić information content (AvgIpc) is 3.31. The molecule has 1 N–H and O–H groups in total. The number of imide groups is 1. The molecule has 1 aromatic heterocycles. The lowest BCUT2D eigenvalue weighted by molar-refractivity contribution is -0.126. The number of nitrogens with zero attached hydrogens (tertiary/aromatic N) is 1. The lowest BCUT2D eigenvalue weighted by Gasteiger charge is -2.35. The van der Waals surface area contributed by atoms with Gasteiger partial charge in [-0.1, -0.05) is 29.8 Å². The number of thiophene rings is 1. The van der Waals surface area contributed by atoms with E-state index in [-0.39, 0.29) is 23.6 Å². The Hall–Kier alpha value is -2.44. The summed E-state index contributed by atoms with van der Waals surface area (Å²) in [7, 11) is 0. The van der Waals surface area contributed by atoms with Crippen LogP contribution in [0.2, 0.25) is 5.02 Å². The first-order valence-corrected chi connectivity index (χ1v) is 9.50. The third kappa shape index (κ3) is 2.06. The van der Waals surface area contributed by atoms with Gasteiger partial charge in [-0.2, -0.15) is 0 Å². The second kappa shape index (κ2) is 5.53. The summed E-state index contributed by atoms with van der Waals surface area (Å²) in [6.07, 6.45) is 3.81. The highest BCUT2D eigenvalue weighted by Gasteiger charge is 2.61. The zero-order chi connectivity index (χ0) is 18.0. The van der Waals surface area contributed by atoms with E-state index < -0.39 is 17.9 Å². The molecule has 3 aliphatic heterocycles. The molecule has 0 radical (unpaired) electrons. The number of hydrogen-bond donors (Lipinski definition) is 1. The second-order valence-electron chi connectivity index (χ2n) is 6.65. The van der Waals surface area contributed by atoms with Crippen molar-refractivity contribution in [3.05, 3.63) is 57.3 Å². The monoisotopic (exact) mass is 384 g/mol. The lowest BCUT2D eigenvalue weighted by atomic mass is 9.87. The molecule has 2 aromatic rings. The summed E-state index contributed by atoms with van der Waals surface area (Å²) in [5, 5.41) is 4.84. The SMILES string of the molecule is O=C1NC(=O)[C@H]2[C@@H]1[C@@H](C(=O)c1cccs1)N1c3ccc(Cl)cc3C=C[C@H]21. The lowest BCUT2D eigenvalue weighted by Crippen LogP contribution is -2.47. The number of benzene rings is 1. The minimum Gasteiger partial charge on any atom is -0.352 e. The van der Waals surface area contributed by atoms with Gasteiger partial charge in [0.25, 0.3) is 0 Å². The van der Waals surface area contributed by atoms with Gasteiger partial charge < -0.3 is 4.90 Å². The average molecular weight is 385 g/mol. The standard InChI is InChI=1S/C19H13ClN2O3S/c20-10-4-6-11-9(8-10)3-5-12-14-15(19(25)21-18(14)24)16(22(11)12)17(23)13-2-1-7-26-13/h1-8,12,14-16H,(H,21,24,25)/t12-,14-,15-,16+/m1/s1. The van der Waals surface area contributed by atoms with Gasteiger partial charge in [0.15, 0.2) is 5.78 Å². The van der Waals surface area contributed by atoms with Crippen molar-refractivity contribution in [1.29, 1.82) is 0 Å². The number of fused-ring (bicyclic) bond motifs is 5. The molecule has 2 amide bonds. The summed E-state index contributed by atoms with van der Waals surface area (Å²) >= 11 is 7.45. The van der Waals surface area contributed by atoms with Crippen LogP contribution in [-0.4, -0.2) is 29.7 Å². The van der Waals surface area contributed by atoms with Crippen LogP contribution in [0.1, 0.15) is 15.2 Å². The van der Waals surface area contributed by atoms with Crippen LogP contribution in [0.5, 0.6) is 0 Å². The first kappa shape index (κ1) is 15.8. The number of nitrogens with one attached hydrogen (secondary N) is 1. The van der Waals surface area contributed by atoms with Crippen molar-refractivity contribution in [3.8, 4) is 0 Å². The zero-order valence-electron chi connectivity index (χ0n) is 13.4. The summed E-state index contributed by atoms with van der Waals surface area (Å²) in [6.45, 7) is 0. The highest BCUT2D eigenvalue weighted by Crippen LogP contribution is 2.47. The fraction of sp³-hybridized carbons (Fsp3) is 0.211. The van der Waals surface area contributed by atoms with Gasteiger partial charge in [0.1, 0.15) is 6.04 Å². The Morgan fingerprint density at radius 1 is 1.15 bits per heavy atom. The second-order valence-corrected chi connectivity index (χ2v) is 8.04. The molecule has 7 heteroatoms. The molecular formula is C19H13ClN2O3S. The van der Waals surface area contributed by atoms with Gasteiger partial charge in [0.2, 0.25) is 11.8 Å². The molecule has 2 saturated heterocycles. The predicted molar refractivity (Wildman–Crippen MR) is 99.3 cm³/mol. The molecule has 0 bridgehead atoms. The molecule has 4 atom stereocenters. The normalized spacial score (nSPS) is 28.6. The van der Waals surface area contributed by atoms with Crippen molar-refractivity contribution in [1.82, 2.24) is 5.32 Å². The number of hydrogen-bond acceptors (Lipinski definition) is 5. The molecule has 26 heavy (non-hydrogen) atoms. The van der Waals surface area contributed by atoms with Crippen LogP contribution < -0.4 is 10.2 Å². The maximum atomic E-state index is 13.3. The Morgan fingerprint density at radius 3 is 2.73 bits per heavy atom. The molecule has 1 aromatic carbocycles. The summed E-state index contributed by atoms with van der Waals surface area (Å²) in [5.74, 6) is -2.05. The van der Waals surface area contributed by atoms with E-state index in [2.05, 4.69) is 5.32 Å². The Kier molecular flexibility index (Phi) is 3.36. The van der Waals surface area contributed by atoms with E-state index in [0.717, 1.165) is 11.3 Å². The zero-order valence-corrected chi connectivity index (χ0v) is 15.0. The van der Waals surface area contributed by atoms with Crippen LogP contribution in [0.15, 0.2) is 41.8 Å². The Labute approximate surface area is 158 Å². The van der Waals surface area contributed by atoms with E-state index >= 15 is 0 Å². The van der Waals surface area contributed by atoms with E-state index in [0.29, 0.717) is 9.90 Å². The van der Waals surface area contributed by atoms with Gasteiger partial charge in [0, 0.05) is 10.7 Å². The highest BCUT2D eigenvalue weighted by molar-refractivity contribution is 7.12. The topological polar surface area (TPSA) is 66.5 Å². The number of amides is 2. The molecule has 0 aliphatic carbocycles. The van der Waals surface area contributed by atoms with E-state index in [9.17, 15) is 14.4 Å². The van der Waals surface area contributed by atoms with E-state index in [4.69, 9.17) is 11.6 Å². The third-order valence-corrected chi connectivity index (χ3v) is 6.46. The summed E-state index contributed by atoms with van der Waals surface area (Å²) in [6, 6.07) is 7.98. The Morgan fingerprint density at radius 2 is 1.96 bits per heavy atom. The smallest absolute Gasteiger partial charge is 0.233 e. The maximum Gasteiger partial charge on any atom is 0.233 e. The molecule has 0 spiro atoms.